The molecule has 5 amide bonds. The molecule has 0 saturated carbocycles. The third kappa shape index (κ3) is 9.77. The van der Waals surface area contributed by atoms with Gasteiger partial charge in [0.1, 0.15) is 23.7 Å². The third-order valence-corrected chi connectivity index (χ3v) is 9.87. The third-order valence-electron chi connectivity index (χ3n) is 9.64. The van der Waals surface area contributed by atoms with Gasteiger partial charge in [-0.3, -0.25) is 14.4 Å². The Morgan fingerprint density at radius 2 is 1.70 bits per heavy atom. The number of aromatic nitrogens is 5. The standard InChI is InChI=1S/C40H41ClN10O10/c1-40(2,3)61-39(58)51-29-11-9-27(17-24(29)18-33(51)37(55)56)44-34(52)32(16-23-4-7-26(8-5-23)45-38(57)42-20-28-21-59-14-15-60-28)49-13-12-48(35(53)36(49)54)31-19-25(41)6-10-30(31)50-22-43-46-47-50/h4-11,17-19,22,28,32H,12-16,20-21H2,1-3H3,(H,44,52)(H,55,56)(H2,42,45,57)/t28?,32-/m0/s1. The maximum absolute atomic E-state index is 14.3. The molecular formula is C40H41ClN10O10. The molecule has 5 aromatic rings. The molecule has 0 spiro atoms. The predicted molar refractivity (Wildman–Crippen MR) is 219 cm³/mol. The van der Waals surface area contributed by atoms with Crippen LogP contribution in [0.2, 0.25) is 5.02 Å². The second kappa shape index (κ2) is 17.8. The summed E-state index contributed by atoms with van der Waals surface area (Å²) < 4.78 is 18.6. The van der Waals surface area contributed by atoms with Gasteiger partial charge in [0, 0.05) is 47.8 Å². The fraction of sp³-hybridized carbons (Fsp3) is 0.325. The highest BCUT2D eigenvalue weighted by atomic mass is 35.5. The number of hydrogen-bond acceptors (Lipinski definition) is 12. The highest BCUT2D eigenvalue weighted by molar-refractivity contribution is 6.41. The van der Waals surface area contributed by atoms with Gasteiger partial charge in [-0.1, -0.05) is 23.7 Å². The Morgan fingerprint density at radius 1 is 0.934 bits per heavy atom. The van der Waals surface area contributed by atoms with Crippen molar-refractivity contribution in [3.63, 3.8) is 0 Å². The summed E-state index contributed by atoms with van der Waals surface area (Å²) in [6.45, 7) is 6.43. The number of rotatable bonds is 11. The Hall–Kier alpha value is -6.90. The van der Waals surface area contributed by atoms with Crippen molar-refractivity contribution in [3.05, 3.63) is 89.3 Å². The second-order valence-electron chi connectivity index (χ2n) is 15.1. The van der Waals surface area contributed by atoms with Crippen LogP contribution in [0.3, 0.4) is 0 Å². The van der Waals surface area contributed by atoms with Crippen LogP contribution in [-0.2, 0) is 35.0 Å². The predicted octanol–water partition coefficient (Wildman–Crippen LogP) is 3.71. The maximum atomic E-state index is 14.3. The number of hydrogen-bond donors (Lipinski definition) is 4. The van der Waals surface area contributed by atoms with Gasteiger partial charge in [-0.05, 0) is 91.4 Å². The Balaban J connectivity index is 1.14. The lowest BCUT2D eigenvalue weighted by molar-refractivity contribution is -0.149. The molecule has 318 valence electrons. The van der Waals surface area contributed by atoms with Gasteiger partial charge in [-0.2, -0.15) is 4.68 Å². The number of nitrogens with one attached hydrogen (secondary N) is 3. The Labute approximate surface area is 352 Å². The Kier molecular flexibility index (Phi) is 12.3. The molecule has 0 aliphatic carbocycles. The zero-order valence-corrected chi connectivity index (χ0v) is 33.9. The van der Waals surface area contributed by atoms with Crippen LogP contribution in [0, 0.1) is 0 Å². The molecule has 3 aromatic carbocycles. The summed E-state index contributed by atoms with van der Waals surface area (Å²) in [4.78, 5) is 82.6. The second-order valence-corrected chi connectivity index (χ2v) is 15.5. The van der Waals surface area contributed by atoms with E-state index in [1.807, 2.05) is 0 Å². The van der Waals surface area contributed by atoms with Gasteiger partial charge in [0.25, 0.3) is 0 Å². The summed E-state index contributed by atoms with van der Waals surface area (Å²) in [5.41, 5.74) is 0.894. The van der Waals surface area contributed by atoms with Crippen LogP contribution >= 0.6 is 11.6 Å². The molecule has 2 atom stereocenters. The van der Waals surface area contributed by atoms with Crippen molar-refractivity contribution in [1.29, 1.82) is 0 Å². The average molecular weight is 857 g/mol. The average Bonchev–Trinajstić information content (AvgIpc) is 3.90. The fourth-order valence-corrected chi connectivity index (χ4v) is 7.03. The van der Waals surface area contributed by atoms with Gasteiger partial charge in [0.15, 0.2) is 0 Å². The molecule has 0 bridgehead atoms. The van der Waals surface area contributed by atoms with E-state index in [2.05, 4.69) is 31.5 Å². The van der Waals surface area contributed by atoms with Crippen LogP contribution in [0.4, 0.5) is 26.7 Å². The van der Waals surface area contributed by atoms with Gasteiger partial charge < -0.3 is 45.1 Å². The summed E-state index contributed by atoms with van der Waals surface area (Å²) in [6, 6.07) is 15.4. The van der Waals surface area contributed by atoms with E-state index in [9.17, 15) is 33.9 Å². The summed E-state index contributed by atoms with van der Waals surface area (Å²) in [5, 5.41) is 30.1. The minimum Gasteiger partial charge on any atom is -0.477 e. The van der Waals surface area contributed by atoms with Crippen LogP contribution < -0.4 is 20.9 Å². The zero-order valence-electron chi connectivity index (χ0n) is 33.2. The number of urea groups is 1. The Bertz CT molecular complexity index is 2480. The van der Waals surface area contributed by atoms with E-state index in [-0.39, 0.29) is 54.7 Å². The van der Waals surface area contributed by atoms with Gasteiger partial charge in [-0.25, -0.2) is 19.0 Å². The summed E-state index contributed by atoms with van der Waals surface area (Å²) in [7, 11) is 0. The van der Waals surface area contributed by atoms with Crippen molar-refractivity contribution in [2.24, 2.45) is 0 Å². The van der Waals surface area contributed by atoms with E-state index < -0.39 is 47.5 Å². The lowest BCUT2D eigenvalue weighted by atomic mass is 10.0. The molecular weight excluding hydrogens is 816 g/mol. The number of benzene rings is 3. The van der Waals surface area contributed by atoms with Crippen molar-refractivity contribution in [1.82, 2.24) is 35.0 Å². The molecule has 4 N–H and O–H groups in total. The topological polar surface area (TPSA) is 241 Å². The van der Waals surface area contributed by atoms with Gasteiger partial charge in [0.2, 0.25) is 5.91 Å². The van der Waals surface area contributed by atoms with E-state index in [1.54, 1.807) is 57.2 Å². The van der Waals surface area contributed by atoms with Crippen molar-refractivity contribution in [2.45, 2.75) is 44.9 Å². The van der Waals surface area contributed by atoms with Gasteiger partial charge in [-0.15, -0.1) is 5.10 Å². The summed E-state index contributed by atoms with van der Waals surface area (Å²) in [6.07, 6.45) is 0.122. The van der Waals surface area contributed by atoms with Crippen LogP contribution in [0.1, 0.15) is 36.8 Å². The van der Waals surface area contributed by atoms with Crippen molar-refractivity contribution < 1.29 is 48.1 Å². The number of piperazine rings is 1. The number of carbonyl (C=O) groups excluding carboxylic acids is 5. The minimum absolute atomic E-state index is 0.0259. The van der Waals surface area contributed by atoms with E-state index in [4.69, 9.17) is 25.8 Å². The molecule has 21 heteroatoms. The molecule has 4 heterocycles. The molecule has 0 radical (unpaired) electrons. The van der Waals surface area contributed by atoms with E-state index in [1.165, 1.54) is 51.1 Å². The molecule has 1 unspecified atom stereocenters. The largest absolute Gasteiger partial charge is 0.477 e. The fourth-order valence-electron chi connectivity index (χ4n) is 6.86. The number of carboxylic acids is 1. The lowest BCUT2D eigenvalue weighted by Gasteiger charge is -2.38. The van der Waals surface area contributed by atoms with Crippen molar-refractivity contribution >= 4 is 75.4 Å². The highest BCUT2D eigenvalue weighted by Crippen LogP contribution is 2.31. The normalized spacial score (nSPS) is 16.3. The number of amides is 5. The first-order valence-electron chi connectivity index (χ1n) is 19.1. The summed E-state index contributed by atoms with van der Waals surface area (Å²) >= 11 is 6.32. The van der Waals surface area contributed by atoms with E-state index in [0.29, 0.717) is 47.2 Å². The first kappa shape index (κ1) is 42.2. The molecule has 20 nitrogen and oxygen atoms in total. The molecule has 2 aliphatic rings. The van der Waals surface area contributed by atoms with Crippen molar-refractivity contribution in [2.75, 3.05) is 55.0 Å². The van der Waals surface area contributed by atoms with Crippen LogP contribution in [0.5, 0.6) is 0 Å². The number of fused-ring (bicyclic) bond motifs is 1. The number of tetrazole rings is 1. The number of anilines is 3. The molecule has 2 saturated heterocycles. The van der Waals surface area contributed by atoms with Crippen LogP contribution in [0.15, 0.2) is 73.1 Å². The number of carbonyl (C=O) groups is 6. The highest BCUT2D eigenvalue weighted by Gasteiger charge is 2.41. The lowest BCUT2D eigenvalue weighted by Crippen LogP contribution is -2.60. The Morgan fingerprint density at radius 3 is 2.39 bits per heavy atom. The summed E-state index contributed by atoms with van der Waals surface area (Å²) in [5.74, 6) is -3.93. The van der Waals surface area contributed by atoms with E-state index >= 15 is 0 Å². The first-order chi connectivity index (χ1) is 29.1. The molecule has 7 rings (SSSR count). The van der Waals surface area contributed by atoms with Gasteiger partial charge >= 0.3 is 29.9 Å². The quantitative estimate of drug-likeness (QED) is 0.139. The molecule has 2 aliphatic heterocycles. The number of aromatic carboxylic acids is 1. The monoisotopic (exact) mass is 856 g/mol. The zero-order chi connectivity index (χ0) is 43.4. The number of nitrogens with zero attached hydrogens (tertiary/aromatic N) is 7. The molecule has 2 fully saturated rings. The maximum Gasteiger partial charge on any atom is 0.419 e. The minimum atomic E-state index is -1.37. The van der Waals surface area contributed by atoms with Crippen molar-refractivity contribution in [3.8, 4) is 5.69 Å². The SMILES string of the molecule is CC(C)(C)OC(=O)n1c(C(=O)O)cc2cc(NC(=O)[C@H](Cc3ccc(NC(=O)NCC4COCCO4)cc3)N3CCN(c4cc(Cl)ccc4-n4cnnn4)C(=O)C3=O)ccc21. The molecule has 2 aromatic heterocycles. The van der Waals surface area contributed by atoms with E-state index in [0.717, 1.165) is 4.57 Å². The number of carboxylic acid groups (broad SMARTS) is 1. The van der Waals surface area contributed by atoms with Crippen LogP contribution in [0.25, 0.3) is 16.6 Å². The first-order valence-corrected chi connectivity index (χ1v) is 19.4. The molecule has 61 heavy (non-hydrogen) atoms. The number of halogens is 1. The van der Waals surface area contributed by atoms with Gasteiger partial charge in [0.05, 0.1) is 42.8 Å². The smallest absolute Gasteiger partial charge is 0.419 e. The van der Waals surface area contributed by atoms with Crippen LogP contribution in [-0.4, -0.2) is 128 Å². The number of ether oxygens (including phenoxy) is 3.